The van der Waals surface area contributed by atoms with Crippen LogP contribution in [0.3, 0.4) is 0 Å². The first-order valence-electron chi connectivity index (χ1n) is 4.55. The number of carbonyl (C=O) groups excluding carboxylic acids is 1. The number of ether oxygens (including phenoxy) is 1. The summed E-state index contributed by atoms with van der Waals surface area (Å²) < 4.78 is 5.50. The van der Waals surface area contributed by atoms with E-state index in [2.05, 4.69) is 4.98 Å². The van der Waals surface area contributed by atoms with Gasteiger partial charge in [-0.3, -0.25) is 4.79 Å². The molecule has 0 amide bonds. The number of hydrogen-bond acceptors (Lipinski definition) is 4. The molecule has 0 radical (unpaired) electrons. The number of nitrogens with zero attached hydrogens (tertiary/aromatic N) is 1. The van der Waals surface area contributed by atoms with Crippen LogP contribution in [0.5, 0.6) is 5.75 Å². The Morgan fingerprint density at radius 2 is 2.38 bits per heavy atom. The lowest BCUT2D eigenvalue weighted by Gasteiger charge is -2.04. The summed E-state index contributed by atoms with van der Waals surface area (Å²) >= 11 is 7.27. The molecule has 82 valence electrons. The van der Waals surface area contributed by atoms with Crippen LogP contribution in [-0.4, -0.2) is 11.3 Å². The molecule has 0 aliphatic heterocycles. The Morgan fingerprint density at radius 1 is 1.50 bits per heavy atom. The van der Waals surface area contributed by atoms with Gasteiger partial charge in [-0.1, -0.05) is 23.7 Å². The van der Waals surface area contributed by atoms with Gasteiger partial charge >= 0.3 is 0 Å². The van der Waals surface area contributed by atoms with Crippen LogP contribution in [0.25, 0.3) is 0 Å². The van der Waals surface area contributed by atoms with Crippen molar-refractivity contribution in [3.8, 4) is 5.75 Å². The molecule has 0 atom stereocenters. The van der Waals surface area contributed by atoms with Crippen molar-refractivity contribution in [2.45, 2.75) is 6.61 Å². The summed E-state index contributed by atoms with van der Waals surface area (Å²) in [6.07, 6.45) is 0.784. The summed E-state index contributed by atoms with van der Waals surface area (Å²) in [5.74, 6) is 0.647. The lowest BCUT2D eigenvalue weighted by molar-refractivity contribution is 0.112. The molecule has 0 unspecified atom stereocenters. The van der Waals surface area contributed by atoms with E-state index in [1.165, 1.54) is 11.3 Å². The van der Waals surface area contributed by atoms with Gasteiger partial charge in [0.2, 0.25) is 0 Å². The molecule has 1 aromatic heterocycles. The summed E-state index contributed by atoms with van der Waals surface area (Å²) in [4.78, 5) is 15.3. The molecule has 2 rings (SSSR count). The first-order valence-corrected chi connectivity index (χ1v) is 5.81. The van der Waals surface area contributed by atoms with Gasteiger partial charge in [0.25, 0.3) is 0 Å². The Labute approximate surface area is 102 Å². The molecule has 5 heteroatoms. The molecular weight excluding hydrogens is 246 g/mol. The first kappa shape index (κ1) is 11.1. The van der Waals surface area contributed by atoms with Gasteiger partial charge in [0.15, 0.2) is 0 Å². The van der Waals surface area contributed by atoms with Gasteiger partial charge in [-0.25, -0.2) is 4.98 Å². The average molecular weight is 254 g/mol. The van der Waals surface area contributed by atoms with Crippen molar-refractivity contribution in [3.63, 3.8) is 0 Å². The van der Waals surface area contributed by atoms with Gasteiger partial charge in [-0.15, -0.1) is 11.3 Å². The molecule has 0 aliphatic carbocycles. The maximum absolute atomic E-state index is 10.6. The monoisotopic (exact) mass is 253 g/mol. The summed E-state index contributed by atoms with van der Waals surface area (Å²) in [6, 6.07) is 6.97. The Balaban J connectivity index is 2.04. The van der Waals surface area contributed by atoms with Crippen molar-refractivity contribution >= 4 is 29.2 Å². The zero-order chi connectivity index (χ0) is 11.4. The zero-order valence-corrected chi connectivity index (χ0v) is 9.79. The van der Waals surface area contributed by atoms with Crippen LogP contribution in [0.1, 0.15) is 15.2 Å². The highest BCUT2D eigenvalue weighted by Crippen LogP contribution is 2.21. The third-order valence-corrected chi connectivity index (χ3v) is 3.20. The van der Waals surface area contributed by atoms with E-state index in [9.17, 15) is 4.79 Å². The summed E-state index contributed by atoms with van der Waals surface area (Å²) in [5.41, 5.74) is 2.26. The largest absolute Gasteiger partial charge is 0.488 e. The van der Waals surface area contributed by atoms with E-state index >= 15 is 0 Å². The fraction of sp³-hybridized carbons (Fsp3) is 0.0909. The second-order valence-electron chi connectivity index (χ2n) is 3.05. The Hall–Kier alpha value is -1.39. The van der Waals surface area contributed by atoms with Crippen LogP contribution in [0, 0.1) is 0 Å². The minimum atomic E-state index is 0.367. The predicted molar refractivity (Wildman–Crippen MR) is 63.3 cm³/mol. The normalized spacial score (nSPS) is 10.1. The van der Waals surface area contributed by atoms with Crippen LogP contribution < -0.4 is 4.74 Å². The Kier molecular flexibility index (Phi) is 3.54. The van der Waals surface area contributed by atoms with Gasteiger partial charge in [0, 0.05) is 5.56 Å². The molecule has 0 aliphatic rings. The highest BCUT2D eigenvalue weighted by atomic mass is 35.5. The van der Waals surface area contributed by atoms with Crippen molar-refractivity contribution in [1.82, 2.24) is 4.98 Å². The van der Waals surface area contributed by atoms with Gasteiger partial charge in [-0.05, 0) is 12.1 Å². The van der Waals surface area contributed by atoms with Crippen LogP contribution in [-0.2, 0) is 6.61 Å². The number of rotatable bonds is 4. The van der Waals surface area contributed by atoms with Gasteiger partial charge in [0.1, 0.15) is 23.8 Å². The van der Waals surface area contributed by atoms with Gasteiger partial charge in [0.05, 0.1) is 10.4 Å². The quantitative estimate of drug-likeness (QED) is 0.786. The van der Waals surface area contributed by atoms with Crippen molar-refractivity contribution in [1.29, 1.82) is 0 Å². The van der Waals surface area contributed by atoms with E-state index in [0.717, 1.165) is 11.2 Å². The number of aromatic nitrogens is 1. The zero-order valence-electron chi connectivity index (χ0n) is 8.22. The van der Waals surface area contributed by atoms with Crippen molar-refractivity contribution in [2.75, 3.05) is 0 Å². The topological polar surface area (TPSA) is 39.2 Å². The summed E-state index contributed by atoms with van der Waals surface area (Å²) in [7, 11) is 0. The van der Waals surface area contributed by atoms with Gasteiger partial charge in [-0.2, -0.15) is 0 Å². The smallest absolute Gasteiger partial charge is 0.150 e. The molecule has 0 spiro atoms. The average Bonchev–Trinajstić information content (AvgIpc) is 2.72. The molecule has 0 N–H and O–H groups in total. The number of benzene rings is 1. The van der Waals surface area contributed by atoms with E-state index in [1.807, 2.05) is 0 Å². The number of hydrogen-bond donors (Lipinski definition) is 0. The highest BCUT2D eigenvalue weighted by Gasteiger charge is 2.04. The predicted octanol–water partition coefficient (Wildman–Crippen LogP) is 3.19. The number of aldehydes is 1. The molecule has 0 bridgehead atoms. The second-order valence-corrected chi connectivity index (χ2v) is 4.34. The number of thiazole rings is 1. The lowest BCUT2D eigenvalue weighted by atomic mass is 10.2. The van der Waals surface area contributed by atoms with E-state index < -0.39 is 0 Å². The third kappa shape index (κ3) is 2.59. The fourth-order valence-corrected chi connectivity index (χ4v) is 2.03. The van der Waals surface area contributed by atoms with Crippen LogP contribution in [0.4, 0.5) is 0 Å². The minimum Gasteiger partial charge on any atom is -0.488 e. The molecular formula is C11H8ClNO2S. The molecule has 2 aromatic rings. The third-order valence-electron chi connectivity index (χ3n) is 1.96. The number of halogens is 1. The van der Waals surface area contributed by atoms with Crippen LogP contribution >= 0.6 is 22.9 Å². The van der Waals surface area contributed by atoms with E-state index in [-0.39, 0.29) is 0 Å². The maximum atomic E-state index is 10.6. The highest BCUT2D eigenvalue weighted by molar-refractivity contribution is 7.10. The molecule has 0 saturated heterocycles. The minimum absolute atomic E-state index is 0.367. The van der Waals surface area contributed by atoms with Gasteiger partial charge < -0.3 is 4.74 Å². The van der Waals surface area contributed by atoms with Crippen molar-refractivity contribution in [3.05, 3.63) is 45.4 Å². The van der Waals surface area contributed by atoms with E-state index in [4.69, 9.17) is 16.3 Å². The molecule has 16 heavy (non-hydrogen) atoms. The molecule has 3 nitrogen and oxygen atoms in total. The molecule has 0 fully saturated rings. The number of carbonyl (C=O) groups is 1. The lowest BCUT2D eigenvalue weighted by Crippen LogP contribution is -1.94. The van der Waals surface area contributed by atoms with E-state index in [1.54, 1.807) is 29.8 Å². The van der Waals surface area contributed by atoms with Crippen molar-refractivity contribution < 1.29 is 9.53 Å². The Morgan fingerprint density at radius 3 is 3.06 bits per heavy atom. The van der Waals surface area contributed by atoms with E-state index in [0.29, 0.717) is 23.1 Å². The molecule has 0 saturated carbocycles. The van der Waals surface area contributed by atoms with Crippen LogP contribution in [0.15, 0.2) is 29.8 Å². The summed E-state index contributed by atoms with van der Waals surface area (Å²) in [6.45, 7) is 0.367. The Bertz CT molecular complexity index is 498. The first-order chi connectivity index (χ1) is 7.79. The van der Waals surface area contributed by atoms with Crippen molar-refractivity contribution in [2.24, 2.45) is 0 Å². The maximum Gasteiger partial charge on any atom is 0.150 e. The fourth-order valence-electron chi connectivity index (χ4n) is 1.18. The molecule has 1 heterocycles. The summed E-state index contributed by atoms with van der Waals surface area (Å²) in [5, 5.41) is 0.469. The van der Waals surface area contributed by atoms with Crippen LogP contribution in [0.2, 0.25) is 5.15 Å². The second kappa shape index (κ2) is 5.09. The standard InChI is InChI=1S/C11H8ClNO2S/c12-11-10(16-7-13-11)6-15-9-3-1-2-8(4-9)5-14/h1-5,7H,6H2. The molecule has 1 aromatic carbocycles. The SMILES string of the molecule is O=Cc1cccc(OCc2scnc2Cl)c1.